The minimum atomic E-state index is -4.43. The first kappa shape index (κ1) is 52.2. The number of hydrogen-bond acceptors (Lipinski definition) is 10. The van der Waals surface area contributed by atoms with Crippen molar-refractivity contribution in [3.63, 3.8) is 0 Å². The van der Waals surface area contributed by atoms with Crippen LogP contribution in [-0.4, -0.2) is 60.5 Å². The molecule has 0 amide bonds. The molecule has 2 unspecified atom stereocenters. The van der Waals surface area contributed by atoms with Gasteiger partial charge < -0.3 is 29.6 Å². The fraction of sp³-hybridized carbons (Fsp3) is 0.689. The summed E-state index contributed by atoms with van der Waals surface area (Å²) in [6, 6.07) is 0. The van der Waals surface area contributed by atoms with Gasteiger partial charge in [0.25, 0.3) is 0 Å². The Kier molecular flexibility index (Phi) is 31.3. The summed E-state index contributed by atoms with van der Waals surface area (Å²) < 4.78 is 38.8. The average Bonchev–Trinajstić information content (AvgIpc) is 3.45. The Labute approximate surface area is 344 Å². The normalized spacial score (nSPS) is 14.3. The fourth-order valence-corrected chi connectivity index (χ4v) is 6.75. The lowest BCUT2D eigenvalue weighted by molar-refractivity contribution is -0.161. The van der Waals surface area contributed by atoms with Crippen LogP contribution in [0.2, 0.25) is 0 Å². The molecule has 1 aromatic heterocycles. The van der Waals surface area contributed by atoms with Crippen molar-refractivity contribution >= 4 is 19.8 Å². The van der Waals surface area contributed by atoms with Gasteiger partial charge in [-0.15, -0.1) is 0 Å². The summed E-state index contributed by atoms with van der Waals surface area (Å²) >= 11 is 0. The summed E-state index contributed by atoms with van der Waals surface area (Å²) in [5.74, 6) is 1.29. The molecule has 11 nitrogen and oxygen atoms in total. The van der Waals surface area contributed by atoms with Gasteiger partial charge in [-0.3, -0.25) is 18.6 Å². The number of carbonyl (C=O) groups excluding carboxylic acids is 2. The van der Waals surface area contributed by atoms with Gasteiger partial charge in [-0.25, -0.2) is 4.57 Å². The highest BCUT2D eigenvalue weighted by Crippen LogP contribution is 2.43. The fourth-order valence-electron chi connectivity index (χ4n) is 5.99. The van der Waals surface area contributed by atoms with E-state index in [0.717, 1.165) is 75.7 Å². The van der Waals surface area contributed by atoms with Crippen molar-refractivity contribution in [1.82, 2.24) is 0 Å². The number of esters is 2. The third-order valence-corrected chi connectivity index (χ3v) is 10.5. The van der Waals surface area contributed by atoms with Gasteiger partial charge in [0.15, 0.2) is 6.10 Å². The number of rotatable bonds is 36. The minimum absolute atomic E-state index is 0.0232. The molecule has 1 rings (SSSR count). The Morgan fingerprint density at radius 3 is 2.09 bits per heavy atom. The number of ether oxygens (including phenoxy) is 2. The van der Waals surface area contributed by atoms with Crippen LogP contribution in [0.15, 0.2) is 53.0 Å². The van der Waals surface area contributed by atoms with Gasteiger partial charge in [0.1, 0.15) is 18.1 Å². The number of allylic oxidation sites excluding steroid dienone is 6. The van der Waals surface area contributed by atoms with Gasteiger partial charge in [-0.1, -0.05) is 114 Å². The van der Waals surface area contributed by atoms with Gasteiger partial charge in [-0.05, 0) is 82.8 Å². The highest BCUT2D eigenvalue weighted by atomic mass is 31.2. The first-order valence-corrected chi connectivity index (χ1v) is 23.1. The van der Waals surface area contributed by atoms with Crippen molar-refractivity contribution in [3.05, 3.63) is 71.3 Å². The van der Waals surface area contributed by atoms with Gasteiger partial charge in [0.2, 0.25) is 0 Å². The number of carbonyl (C=O) groups is 2. The molecular weight excluding hydrogens is 745 g/mol. The van der Waals surface area contributed by atoms with Crippen LogP contribution in [0, 0.1) is 13.8 Å². The number of phosphoric ester groups is 1. The predicted molar refractivity (Wildman–Crippen MR) is 229 cm³/mol. The SMILES string of the molecule is CCCCC/C=C\C/C=C\CC(O)/C=C\C=C\CCCC(=O)O[C@H](COC(=O)CCCCCCCCCCc1oc(CCC)c(C)c1C)COP(=O)(O)OCCN. The van der Waals surface area contributed by atoms with Crippen molar-refractivity contribution in [2.45, 2.75) is 175 Å². The number of hydrogen-bond donors (Lipinski definition) is 3. The molecule has 0 fully saturated rings. The number of aliphatic hydroxyl groups is 1. The van der Waals surface area contributed by atoms with Crippen molar-refractivity contribution in [2.75, 3.05) is 26.4 Å². The van der Waals surface area contributed by atoms with E-state index in [-0.39, 0.29) is 32.6 Å². The zero-order valence-electron chi connectivity index (χ0n) is 35.6. The van der Waals surface area contributed by atoms with Gasteiger partial charge in [0.05, 0.1) is 19.3 Å². The standard InChI is InChI=1S/C45H76NO10P/c1-5-7-8-9-10-11-14-18-23-29-40(47)30-24-19-17-22-27-33-45(49)55-41(37-54-57(50,51)53-35-34-46)36-52-44(48)32-26-21-16-13-12-15-20-25-31-43-39(4)38(3)42(56-43)28-6-2/h10-11,17-19,23-24,30,40-41,47H,5-9,12-16,20-22,25-29,31-37,46H2,1-4H3,(H,50,51)/b11-10-,19-17+,23-18-,30-24-/t40?,41-/m1/s1. The Morgan fingerprint density at radius 1 is 0.737 bits per heavy atom. The van der Waals surface area contributed by atoms with Crippen LogP contribution < -0.4 is 5.73 Å². The van der Waals surface area contributed by atoms with Crippen molar-refractivity contribution < 1.29 is 47.1 Å². The second-order valence-corrected chi connectivity index (χ2v) is 16.1. The molecule has 0 aromatic carbocycles. The smallest absolute Gasteiger partial charge is 0.466 e. The molecule has 326 valence electrons. The monoisotopic (exact) mass is 822 g/mol. The maximum Gasteiger partial charge on any atom is 0.472 e. The molecule has 0 aliphatic rings. The number of unbranched alkanes of at least 4 members (excludes halogenated alkanes) is 11. The number of phosphoric acid groups is 1. The number of aliphatic hydroxyl groups excluding tert-OH is 1. The third-order valence-electron chi connectivity index (χ3n) is 9.47. The largest absolute Gasteiger partial charge is 0.472 e. The van der Waals surface area contributed by atoms with Gasteiger partial charge in [0, 0.05) is 32.2 Å². The maximum absolute atomic E-state index is 12.6. The van der Waals surface area contributed by atoms with Crippen molar-refractivity contribution in [2.24, 2.45) is 5.73 Å². The summed E-state index contributed by atoms with van der Waals surface area (Å²) in [6.45, 7) is 7.73. The maximum atomic E-state index is 12.6. The zero-order valence-corrected chi connectivity index (χ0v) is 36.5. The molecule has 1 aromatic rings. The van der Waals surface area contributed by atoms with Gasteiger partial charge in [-0.2, -0.15) is 0 Å². The Bertz CT molecular complexity index is 1370. The number of nitrogens with two attached hydrogens (primary N) is 1. The minimum Gasteiger partial charge on any atom is -0.466 e. The van der Waals surface area contributed by atoms with Crippen LogP contribution in [0.25, 0.3) is 0 Å². The Balaban J connectivity index is 2.33. The molecule has 0 bridgehead atoms. The summed E-state index contributed by atoms with van der Waals surface area (Å²) in [5, 5.41) is 10.1. The van der Waals surface area contributed by atoms with E-state index in [2.05, 4.69) is 45.9 Å². The lowest BCUT2D eigenvalue weighted by Gasteiger charge is -2.19. The predicted octanol–water partition coefficient (Wildman–Crippen LogP) is 10.6. The van der Waals surface area contributed by atoms with E-state index in [4.69, 9.17) is 28.7 Å². The van der Waals surface area contributed by atoms with E-state index in [1.807, 2.05) is 18.2 Å². The van der Waals surface area contributed by atoms with Crippen LogP contribution in [-0.2, 0) is 45.5 Å². The van der Waals surface area contributed by atoms with Crippen molar-refractivity contribution in [1.29, 1.82) is 0 Å². The summed E-state index contributed by atoms with van der Waals surface area (Å²) in [5.41, 5.74) is 7.95. The average molecular weight is 822 g/mol. The summed E-state index contributed by atoms with van der Waals surface area (Å²) in [6.07, 6.45) is 33.1. The molecule has 0 aliphatic heterocycles. The summed E-state index contributed by atoms with van der Waals surface area (Å²) in [4.78, 5) is 34.9. The molecule has 12 heteroatoms. The third kappa shape index (κ3) is 28.3. The second kappa shape index (κ2) is 34.1. The summed E-state index contributed by atoms with van der Waals surface area (Å²) in [7, 11) is -4.43. The topological polar surface area (TPSA) is 168 Å². The van der Waals surface area contributed by atoms with Crippen molar-refractivity contribution in [3.8, 4) is 0 Å². The van der Waals surface area contributed by atoms with Crippen LogP contribution >= 0.6 is 7.82 Å². The van der Waals surface area contributed by atoms with E-state index >= 15 is 0 Å². The molecule has 0 aliphatic carbocycles. The number of furan rings is 1. The Morgan fingerprint density at radius 2 is 1.39 bits per heavy atom. The lowest BCUT2D eigenvalue weighted by atomic mass is 10.0. The van der Waals surface area contributed by atoms with Gasteiger partial charge >= 0.3 is 19.8 Å². The number of aryl methyl sites for hydroxylation is 2. The van der Waals surface area contributed by atoms with E-state index in [9.17, 15) is 24.2 Å². The molecule has 0 spiro atoms. The highest BCUT2D eigenvalue weighted by Gasteiger charge is 2.26. The second-order valence-electron chi connectivity index (χ2n) is 14.6. The quantitative estimate of drug-likeness (QED) is 0.0194. The molecule has 57 heavy (non-hydrogen) atoms. The molecule has 3 atom stereocenters. The first-order chi connectivity index (χ1) is 27.5. The molecule has 0 saturated carbocycles. The van der Waals surface area contributed by atoms with E-state index in [0.29, 0.717) is 25.7 Å². The molecule has 4 N–H and O–H groups in total. The van der Waals surface area contributed by atoms with Crippen LogP contribution in [0.3, 0.4) is 0 Å². The van der Waals surface area contributed by atoms with E-state index in [1.165, 1.54) is 43.2 Å². The first-order valence-electron chi connectivity index (χ1n) is 21.6. The van der Waals surface area contributed by atoms with Crippen LogP contribution in [0.1, 0.15) is 158 Å². The molecule has 0 radical (unpaired) electrons. The Hall–Kier alpha value is -2.79. The molecule has 1 heterocycles. The van der Waals surface area contributed by atoms with E-state index < -0.39 is 38.6 Å². The van der Waals surface area contributed by atoms with Crippen LogP contribution in [0.5, 0.6) is 0 Å². The molecular formula is C45H76NO10P. The van der Waals surface area contributed by atoms with E-state index in [1.54, 1.807) is 12.2 Å². The highest BCUT2D eigenvalue weighted by molar-refractivity contribution is 7.47. The zero-order chi connectivity index (χ0) is 42.0. The van der Waals surface area contributed by atoms with Crippen LogP contribution in [0.4, 0.5) is 0 Å². The molecule has 0 saturated heterocycles. The lowest BCUT2D eigenvalue weighted by Crippen LogP contribution is -2.29.